The summed E-state index contributed by atoms with van der Waals surface area (Å²) in [5.41, 5.74) is 2.71. The Labute approximate surface area is 178 Å². The van der Waals surface area contributed by atoms with Gasteiger partial charge in [0, 0.05) is 23.7 Å². The van der Waals surface area contributed by atoms with Crippen molar-refractivity contribution in [1.82, 2.24) is 4.90 Å². The highest BCUT2D eigenvalue weighted by Gasteiger charge is 2.31. The van der Waals surface area contributed by atoms with Gasteiger partial charge in [-0.25, -0.2) is 0 Å². The van der Waals surface area contributed by atoms with E-state index in [0.717, 1.165) is 16.8 Å². The number of nitrogens with one attached hydrogen (secondary N) is 1. The fourth-order valence-corrected chi connectivity index (χ4v) is 4.16. The summed E-state index contributed by atoms with van der Waals surface area (Å²) in [5, 5.41) is 3.55. The second-order valence-corrected chi connectivity index (χ2v) is 8.46. The molecule has 0 spiro atoms. The zero-order valence-corrected chi connectivity index (χ0v) is 17.7. The maximum atomic E-state index is 12.6. The monoisotopic (exact) mass is 430 g/mol. The van der Waals surface area contributed by atoms with Gasteiger partial charge in [-0.15, -0.1) is 0 Å². The van der Waals surface area contributed by atoms with Crippen molar-refractivity contribution in [2.24, 2.45) is 0 Å². The number of amides is 2. The molecular weight excluding hydrogens is 412 g/mol. The minimum atomic E-state index is -0.121. The van der Waals surface area contributed by atoms with Gasteiger partial charge in [-0.2, -0.15) is 0 Å². The second kappa shape index (κ2) is 9.37. The van der Waals surface area contributed by atoms with Crippen molar-refractivity contribution in [2.75, 3.05) is 11.9 Å². The van der Waals surface area contributed by atoms with E-state index in [0.29, 0.717) is 33.6 Å². The minimum Gasteiger partial charge on any atom is -0.326 e. The van der Waals surface area contributed by atoms with Gasteiger partial charge in [-0.3, -0.25) is 14.5 Å². The number of anilines is 1. The Kier molecular flexibility index (Phi) is 6.88. The molecule has 2 amide bonds. The average molecular weight is 431 g/mol. The molecule has 1 N–H and O–H groups in total. The van der Waals surface area contributed by atoms with E-state index in [4.69, 9.17) is 23.8 Å². The molecule has 1 saturated heterocycles. The third-order valence-electron chi connectivity index (χ3n) is 4.25. The first-order valence-corrected chi connectivity index (χ1v) is 10.4. The molecule has 2 aromatic rings. The van der Waals surface area contributed by atoms with Gasteiger partial charge in [0.1, 0.15) is 4.32 Å². The normalized spacial score (nSPS) is 15.4. The number of nitrogens with zero attached hydrogens (tertiary/aromatic N) is 1. The van der Waals surface area contributed by atoms with Crippen LogP contribution in [-0.4, -0.2) is 27.6 Å². The van der Waals surface area contributed by atoms with E-state index < -0.39 is 0 Å². The van der Waals surface area contributed by atoms with E-state index in [1.165, 1.54) is 11.8 Å². The summed E-state index contributed by atoms with van der Waals surface area (Å²) in [7, 11) is 0. The van der Waals surface area contributed by atoms with Gasteiger partial charge in [-0.1, -0.05) is 65.9 Å². The third-order valence-corrected chi connectivity index (χ3v) is 5.88. The van der Waals surface area contributed by atoms with E-state index >= 15 is 0 Å². The van der Waals surface area contributed by atoms with Crippen LogP contribution in [0.25, 0.3) is 6.08 Å². The molecule has 1 fully saturated rings. The Bertz CT molecular complexity index is 942. The number of aryl methyl sites for hydroxylation is 1. The van der Waals surface area contributed by atoms with Crippen molar-refractivity contribution in [3.8, 4) is 0 Å². The lowest BCUT2D eigenvalue weighted by Crippen LogP contribution is -2.29. The third kappa shape index (κ3) is 5.22. The first-order valence-electron chi connectivity index (χ1n) is 8.80. The fraction of sp³-hybridized carbons (Fsp3) is 0.190. The zero-order chi connectivity index (χ0) is 20.1. The van der Waals surface area contributed by atoms with Crippen molar-refractivity contribution in [2.45, 2.75) is 19.8 Å². The largest absolute Gasteiger partial charge is 0.326 e. The summed E-state index contributed by atoms with van der Waals surface area (Å²) < 4.78 is 0.518. The Balaban J connectivity index is 1.54. The van der Waals surface area contributed by atoms with Crippen molar-refractivity contribution in [3.63, 3.8) is 0 Å². The van der Waals surface area contributed by atoms with Gasteiger partial charge in [0.25, 0.3) is 5.91 Å². The number of carbonyl (C=O) groups is 2. The Hall–Kier alpha value is -2.15. The van der Waals surface area contributed by atoms with E-state index in [1.54, 1.807) is 23.1 Å². The summed E-state index contributed by atoms with van der Waals surface area (Å²) >= 11 is 12.5. The average Bonchev–Trinajstić information content (AvgIpc) is 2.93. The van der Waals surface area contributed by atoms with Crippen LogP contribution in [-0.2, 0) is 9.59 Å². The maximum Gasteiger partial charge on any atom is 0.266 e. The van der Waals surface area contributed by atoms with Crippen LogP contribution < -0.4 is 5.32 Å². The quantitative estimate of drug-likeness (QED) is 0.501. The van der Waals surface area contributed by atoms with Crippen LogP contribution in [0.5, 0.6) is 0 Å². The summed E-state index contributed by atoms with van der Waals surface area (Å²) in [4.78, 5) is 26.9. The van der Waals surface area contributed by atoms with Gasteiger partial charge < -0.3 is 5.32 Å². The summed E-state index contributed by atoms with van der Waals surface area (Å²) in [6.07, 6.45) is 2.67. The molecule has 4 nitrogen and oxygen atoms in total. The molecule has 0 aromatic heterocycles. The number of hydrogen-bond donors (Lipinski definition) is 1. The number of benzene rings is 2. The van der Waals surface area contributed by atoms with E-state index in [2.05, 4.69) is 5.32 Å². The van der Waals surface area contributed by atoms with Crippen molar-refractivity contribution >= 4 is 63.5 Å². The van der Waals surface area contributed by atoms with Crippen LogP contribution in [0.3, 0.4) is 0 Å². The summed E-state index contributed by atoms with van der Waals surface area (Å²) in [5.74, 6) is -0.194. The van der Waals surface area contributed by atoms with Gasteiger partial charge in [0.2, 0.25) is 5.91 Å². The Morgan fingerprint density at radius 1 is 1.21 bits per heavy atom. The molecule has 0 aliphatic carbocycles. The van der Waals surface area contributed by atoms with E-state index in [1.807, 2.05) is 43.3 Å². The lowest BCUT2D eigenvalue weighted by molar-refractivity contribution is -0.122. The lowest BCUT2D eigenvalue weighted by Gasteiger charge is -2.14. The Morgan fingerprint density at radius 3 is 2.64 bits per heavy atom. The molecular formula is C21H19ClN2O2S2. The minimum absolute atomic E-state index is 0.0727. The maximum absolute atomic E-state index is 12.6. The fourth-order valence-electron chi connectivity index (χ4n) is 2.73. The smallest absolute Gasteiger partial charge is 0.266 e. The summed E-state index contributed by atoms with van der Waals surface area (Å²) in [6, 6.07) is 14.9. The van der Waals surface area contributed by atoms with E-state index in [-0.39, 0.29) is 11.8 Å². The zero-order valence-electron chi connectivity index (χ0n) is 15.3. The SMILES string of the molecule is Cc1ccccc1NC(=O)CCCN1C(=O)/C(=C/c2ccc(Cl)cc2)SC1=S. The molecule has 1 aliphatic heterocycles. The number of para-hydroxylation sites is 1. The van der Waals surface area contributed by atoms with Crippen LogP contribution >= 0.6 is 35.6 Å². The van der Waals surface area contributed by atoms with Crippen molar-refractivity contribution in [1.29, 1.82) is 0 Å². The molecule has 3 rings (SSSR count). The van der Waals surface area contributed by atoms with Crippen molar-refractivity contribution in [3.05, 3.63) is 69.6 Å². The topological polar surface area (TPSA) is 49.4 Å². The molecule has 28 heavy (non-hydrogen) atoms. The van der Waals surface area contributed by atoms with Crippen LogP contribution in [0.1, 0.15) is 24.0 Å². The standard InChI is InChI=1S/C21H19ClN2O2S2/c1-14-5-2-3-6-17(14)23-19(25)7-4-12-24-20(26)18(28-21(24)27)13-15-8-10-16(22)11-9-15/h2-3,5-6,8-11,13H,4,7,12H2,1H3,(H,23,25)/b18-13-. The van der Waals surface area contributed by atoms with Gasteiger partial charge >= 0.3 is 0 Å². The van der Waals surface area contributed by atoms with Crippen LogP contribution in [0.4, 0.5) is 5.69 Å². The number of thioether (sulfide) groups is 1. The molecule has 1 heterocycles. The van der Waals surface area contributed by atoms with Gasteiger partial charge in [-0.05, 0) is 48.7 Å². The molecule has 0 unspecified atom stereocenters. The molecule has 0 saturated carbocycles. The molecule has 144 valence electrons. The molecule has 0 radical (unpaired) electrons. The first-order chi connectivity index (χ1) is 13.4. The number of hydrogen-bond acceptors (Lipinski definition) is 4. The number of thiocarbonyl (C=S) groups is 1. The van der Waals surface area contributed by atoms with Gasteiger partial charge in [0.05, 0.1) is 4.91 Å². The molecule has 0 atom stereocenters. The second-order valence-electron chi connectivity index (χ2n) is 6.35. The van der Waals surface area contributed by atoms with Crippen LogP contribution in [0.15, 0.2) is 53.4 Å². The highest BCUT2D eigenvalue weighted by Crippen LogP contribution is 2.32. The summed E-state index contributed by atoms with van der Waals surface area (Å²) in [6.45, 7) is 2.37. The number of carbonyl (C=O) groups excluding carboxylic acids is 2. The van der Waals surface area contributed by atoms with Crippen LogP contribution in [0.2, 0.25) is 5.02 Å². The van der Waals surface area contributed by atoms with Crippen molar-refractivity contribution < 1.29 is 9.59 Å². The Morgan fingerprint density at radius 2 is 1.93 bits per heavy atom. The van der Waals surface area contributed by atoms with Gasteiger partial charge in [0.15, 0.2) is 0 Å². The first kappa shape index (κ1) is 20.6. The lowest BCUT2D eigenvalue weighted by atomic mass is 10.2. The predicted molar refractivity (Wildman–Crippen MR) is 120 cm³/mol. The van der Waals surface area contributed by atoms with Crippen LogP contribution in [0, 0.1) is 6.92 Å². The highest BCUT2D eigenvalue weighted by molar-refractivity contribution is 8.26. The number of rotatable bonds is 6. The molecule has 7 heteroatoms. The molecule has 2 aromatic carbocycles. The molecule has 1 aliphatic rings. The number of halogens is 1. The predicted octanol–water partition coefficient (Wildman–Crippen LogP) is 5.27. The highest BCUT2D eigenvalue weighted by atomic mass is 35.5. The van der Waals surface area contributed by atoms with E-state index in [9.17, 15) is 9.59 Å². The molecule has 0 bridgehead atoms.